The average Bonchev–Trinajstić information content (AvgIpc) is 3.57. The van der Waals surface area contributed by atoms with E-state index in [1.54, 1.807) is 12.6 Å². The molecule has 0 saturated carbocycles. The molecule has 4 aromatic rings. The van der Waals surface area contributed by atoms with Gasteiger partial charge < -0.3 is 15.0 Å². The lowest BCUT2D eigenvalue weighted by molar-refractivity contribution is 0.0794. The van der Waals surface area contributed by atoms with Crippen LogP contribution in [0.15, 0.2) is 41.9 Å². The second-order valence-electron chi connectivity index (χ2n) is 7.87. The Balaban J connectivity index is 1.29. The second kappa shape index (κ2) is 8.58. The molecule has 1 atom stereocenters. The van der Waals surface area contributed by atoms with Crippen LogP contribution in [0.3, 0.4) is 0 Å². The lowest BCUT2D eigenvalue weighted by Gasteiger charge is -2.15. The number of fused-ring (bicyclic) bond motifs is 1. The number of nitrogens with zero attached hydrogens (tertiary/aromatic N) is 4. The molecule has 0 aliphatic carbocycles. The van der Waals surface area contributed by atoms with Gasteiger partial charge in [-0.3, -0.25) is 9.89 Å². The van der Waals surface area contributed by atoms with E-state index >= 15 is 0 Å². The molecule has 164 valence electrons. The lowest BCUT2D eigenvalue weighted by Crippen LogP contribution is -2.28. The van der Waals surface area contributed by atoms with Crippen molar-refractivity contribution in [1.82, 2.24) is 25.1 Å². The monoisotopic (exact) mass is 448 g/mol. The number of amides is 1. The average molecular weight is 449 g/mol. The molecule has 5 rings (SSSR count). The number of hydrogen-bond donors (Lipinski definition) is 2. The summed E-state index contributed by atoms with van der Waals surface area (Å²) in [4.78, 5) is 24.4. The van der Waals surface area contributed by atoms with Gasteiger partial charge in [-0.05, 0) is 31.5 Å². The van der Waals surface area contributed by atoms with E-state index in [1.807, 2.05) is 48.2 Å². The number of benzene rings is 1. The van der Waals surface area contributed by atoms with Gasteiger partial charge in [0.25, 0.3) is 5.91 Å². The number of aromatic amines is 1. The summed E-state index contributed by atoms with van der Waals surface area (Å²) in [7, 11) is 1.67. The third-order valence-electron chi connectivity index (χ3n) is 5.92. The van der Waals surface area contributed by atoms with E-state index in [1.165, 1.54) is 11.3 Å². The van der Waals surface area contributed by atoms with Crippen LogP contribution >= 0.6 is 11.3 Å². The molecule has 1 fully saturated rings. The molecule has 0 radical (unpaired) electrons. The van der Waals surface area contributed by atoms with E-state index in [2.05, 4.69) is 20.5 Å². The van der Waals surface area contributed by atoms with Crippen molar-refractivity contribution in [2.24, 2.45) is 0 Å². The van der Waals surface area contributed by atoms with Gasteiger partial charge in [0.2, 0.25) is 0 Å². The van der Waals surface area contributed by atoms with Crippen LogP contribution in [-0.4, -0.2) is 51.2 Å². The topological polar surface area (TPSA) is 96.0 Å². The van der Waals surface area contributed by atoms with Crippen LogP contribution in [0, 0.1) is 6.92 Å². The van der Waals surface area contributed by atoms with Crippen molar-refractivity contribution in [3.8, 4) is 5.75 Å². The highest BCUT2D eigenvalue weighted by Crippen LogP contribution is 2.30. The van der Waals surface area contributed by atoms with Crippen LogP contribution in [-0.2, 0) is 6.54 Å². The Morgan fingerprint density at radius 1 is 1.31 bits per heavy atom. The van der Waals surface area contributed by atoms with Gasteiger partial charge in [0.15, 0.2) is 11.5 Å². The number of hydrogen-bond acceptors (Lipinski definition) is 7. The standard InChI is InChI=1S/C23H24N6O2S/c1-14-20(32-13-25-14)23(30)29-10-9-16(12-29)18-8-7-17-21(27-28-22(17)26-18)24-11-15-5-3-4-6-19(15)31-2/h3-8,13,16H,9-12H2,1-2H3,(H2,24,26,27,28). The van der Waals surface area contributed by atoms with E-state index < -0.39 is 0 Å². The number of H-pyrrole nitrogens is 1. The maximum absolute atomic E-state index is 12.8. The molecule has 0 spiro atoms. The number of ether oxygens (including phenoxy) is 1. The lowest BCUT2D eigenvalue weighted by atomic mass is 10.0. The largest absolute Gasteiger partial charge is 0.496 e. The molecular weight excluding hydrogens is 424 g/mol. The van der Waals surface area contributed by atoms with Gasteiger partial charge in [0.05, 0.1) is 23.7 Å². The number of anilines is 1. The Morgan fingerprint density at radius 2 is 2.19 bits per heavy atom. The number of pyridine rings is 1. The first-order chi connectivity index (χ1) is 15.6. The van der Waals surface area contributed by atoms with Crippen molar-refractivity contribution < 1.29 is 9.53 Å². The molecule has 0 bridgehead atoms. The van der Waals surface area contributed by atoms with Crippen LogP contribution in [0.5, 0.6) is 5.75 Å². The van der Waals surface area contributed by atoms with Crippen molar-refractivity contribution in [2.45, 2.75) is 25.8 Å². The number of nitrogens with one attached hydrogen (secondary N) is 2. The fraction of sp³-hybridized carbons (Fsp3) is 0.304. The second-order valence-corrected chi connectivity index (χ2v) is 8.73. The highest BCUT2D eigenvalue weighted by molar-refractivity contribution is 7.11. The molecular formula is C23H24N6O2S. The predicted molar refractivity (Wildman–Crippen MR) is 124 cm³/mol. The quantitative estimate of drug-likeness (QED) is 0.463. The molecule has 1 aromatic carbocycles. The minimum Gasteiger partial charge on any atom is -0.496 e. The number of para-hydroxylation sites is 1. The Hall–Kier alpha value is -3.46. The van der Waals surface area contributed by atoms with Crippen molar-refractivity contribution in [3.63, 3.8) is 0 Å². The Kier molecular flexibility index (Phi) is 5.48. The normalized spacial score (nSPS) is 15.9. The van der Waals surface area contributed by atoms with Gasteiger partial charge in [0, 0.05) is 36.8 Å². The summed E-state index contributed by atoms with van der Waals surface area (Å²) >= 11 is 1.41. The number of methoxy groups -OCH3 is 1. The van der Waals surface area contributed by atoms with E-state index in [0.717, 1.165) is 57.4 Å². The minimum absolute atomic E-state index is 0.0675. The van der Waals surface area contributed by atoms with Crippen LogP contribution in [0.4, 0.5) is 5.82 Å². The summed E-state index contributed by atoms with van der Waals surface area (Å²) in [5, 5.41) is 11.8. The molecule has 2 N–H and O–H groups in total. The zero-order valence-electron chi connectivity index (χ0n) is 18.0. The van der Waals surface area contributed by atoms with E-state index in [4.69, 9.17) is 9.72 Å². The van der Waals surface area contributed by atoms with Crippen LogP contribution in [0.2, 0.25) is 0 Å². The molecule has 1 aliphatic rings. The Morgan fingerprint density at radius 3 is 3.00 bits per heavy atom. The number of likely N-dealkylation sites (tertiary alicyclic amines) is 1. The predicted octanol–water partition coefficient (Wildman–Crippen LogP) is 3.97. The summed E-state index contributed by atoms with van der Waals surface area (Å²) in [6.45, 7) is 3.88. The van der Waals surface area contributed by atoms with Gasteiger partial charge in [-0.2, -0.15) is 5.10 Å². The minimum atomic E-state index is 0.0675. The van der Waals surface area contributed by atoms with Crippen LogP contribution < -0.4 is 10.1 Å². The maximum Gasteiger partial charge on any atom is 0.265 e. The molecule has 1 unspecified atom stereocenters. The zero-order chi connectivity index (χ0) is 22.1. The third kappa shape index (κ3) is 3.80. The molecule has 3 aromatic heterocycles. The van der Waals surface area contributed by atoms with Gasteiger partial charge in [-0.15, -0.1) is 11.3 Å². The molecule has 4 heterocycles. The smallest absolute Gasteiger partial charge is 0.265 e. The first-order valence-electron chi connectivity index (χ1n) is 10.5. The van der Waals surface area contributed by atoms with Gasteiger partial charge in [-0.1, -0.05) is 18.2 Å². The van der Waals surface area contributed by atoms with Crippen molar-refractivity contribution in [1.29, 1.82) is 0 Å². The molecule has 8 nitrogen and oxygen atoms in total. The Bertz CT molecular complexity index is 1270. The SMILES string of the molecule is COc1ccccc1CNc1n[nH]c2nc(C3CCN(C(=O)c4scnc4C)C3)ccc12. The number of rotatable bonds is 6. The number of aromatic nitrogens is 4. The fourth-order valence-corrected chi connectivity index (χ4v) is 4.92. The van der Waals surface area contributed by atoms with Crippen molar-refractivity contribution >= 4 is 34.1 Å². The summed E-state index contributed by atoms with van der Waals surface area (Å²) < 4.78 is 5.42. The summed E-state index contributed by atoms with van der Waals surface area (Å²) in [5.74, 6) is 1.88. The van der Waals surface area contributed by atoms with Gasteiger partial charge in [-0.25, -0.2) is 9.97 Å². The summed E-state index contributed by atoms with van der Waals surface area (Å²) in [5.41, 5.74) is 5.31. The van der Waals surface area contributed by atoms with Gasteiger partial charge in [0.1, 0.15) is 10.6 Å². The van der Waals surface area contributed by atoms with E-state index in [0.29, 0.717) is 13.1 Å². The van der Waals surface area contributed by atoms with Crippen LogP contribution in [0.25, 0.3) is 11.0 Å². The van der Waals surface area contributed by atoms with Crippen LogP contribution in [0.1, 0.15) is 39.0 Å². The number of carbonyl (C=O) groups is 1. The third-order valence-corrected chi connectivity index (χ3v) is 6.83. The highest BCUT2D eigenvalue weighted by Gasteiger charge is 2.30. The van der Waals surface area contributed by atoms with Crippen molar-refractivity contribution in [3.05, 3.63) is 63.7 Å². The Labute approximate surface area is 189 Å². The number of thiazole rings is 1. The molecule has 1 saturated heterocycles. The van der Waals surface area contributed by atoms with Gasteiger partial charge >= 0.3 is 0 Å². The molecule has 32 heavy (non-hydrogen) atoms. The van der Waals surface area contributed by atoms with E-state index in [9.17, 15) is 4.79 Å². The highest BCUT2D eigenvalue weighted by atomic mass is 32.1. The molecule has 9 heteroatoms. The first-order valence-corrected chi connectivity index (χ1v) is 11.4. The van der Waals surface area contributed by atoms with E-state index in [-0.39, 0.29) is 11.8 Å². The summed E-state index contributed by atoms with van der Waals surface area (Å²) in [6.07, 6.45) is 0.898. The fourth-order valence-electron chi connectivity index (χ4n) is 4.15. The van der Waals surface area contributed by atoms with Crippen molar-refractivity contribution in [2.75, 3.05) is 25.5 Å². The summed E-state index contributed by atoms with van der Waals surface area (Å²) in [6, 6.07) is 12.0. The number of aryl methyl sites for hydroxylation is 1. The maximum atomic E-state index is 12.8. The zero-order valence-corrected chi connectivity index (χ0v) is 18.8. The first kappa shape index (κ1) is 20.4. The molecule has 1 aliphatic heterocycles. The molecule has 1 amide bonds. The number of carbonyl (C=O) groups excluding carboxylic acids is 1.